The second-order valence-electron chi connectivity index (χ2n) is 7.59. The molecule has 3 aromatic carbocycles. The number of nitrogens with zero attached hydrogens (tertiary/aromatic N) is 1. The van der Waals surface area contributed by atoms with Crippen LogP contribution in [0.15, 0.2) is 78.9 Å². The Morgan fingerprint density at radius 2 is 1.41 bits per heavy atom. The van der Waals surface area contributed by atoms with Crippen LogP contribution in [0.2, 0.25) is 0 Å². The van der Waals surface area contributed by atoms with Crippen molar-refractivity contribution in [2.24, 2.45) is 0 Å². The molecule has 0 fully saturated rings. The van der Waals surface area contributed by atoms with Crippen LogP contribution in [0, 0.1) is 0 Å². The number of ether oxygens (including phenoxy) is 1. The van der Waals surface area contributed by atoms with Gasteiger partial charge in [0.2, 0.25) is 0 Å². The van der Waals surface area contributed by atoms with E-state index in [2.05, 4.69) is 36.1 Å². The summed E-state index contributed by atoms with van der Waals surface area (Å²) in [6, 6.07) is 25.5. The Morgan fingerprint density at radius 3 is 1.91 bits per heavy atom. The van der Waals surface area contributed by atoms with Gasteiger partial charge in [0.25, 0.3) is 0 Å². The Hall–Kier alpha value is -2.98. The van der Waals surface area contributed by atoms with Gasteiger partial charge in [-0.25, -0.2) is 0 Å². The van der Waals surface area contributed by atoms with E-state index in [0.717, 1.165) is 41.0 Å². The van der Waals surface area contributed by atoms with Crippen LogP contribution < -0.4 is 14.2 Å². The van der Waals surface area contributed by atoms with Crippen molar-refractivity contribution in [3.8, 4) is 11.5 Å². The summed E-state index contributed by atoms with van der Waals surface area (Å²) in [4.78, 5) is 13.0. The van der Waals surface area contributed by atoms with E-state index in [4.69, 9.17) is 9.26 Å². The SMILES string of the molecule is CC/C(=C(\c1ccc(OCCN(C)C)cc1)c1ccc(O[P+](=O)[O-])cc1)c1ccccc1. The summed E-state index contributed by atoms with van der Waals surface area (Å²) < 4.78 is 21.5. The van der Waals surface area contributed by atoms with E-state index >= 15 is 0 Å². The Balaban J connectivity index is 2.01. The molecule has 0 saturated carbocycles. The third-order valence-corrected chi connectivity index (χ3v) is 5.41. The second kappa shape index (κ2) is 11.6. The second-order valence-corrected chi connectivity index (χ2v) is 8.22. The van der Waals surface area contributed by atoms with Gasteiger partial charge < -0.3 is 14.5 Å². The Bertz CT molecular complexity index is 1050. The molecule has 32 heavy (non-hydrogen) atoms. The number of benzene rings is 3. The largest absolute Gasteiger partial charge is 0.558 e. The molecular weight excluding hydrogens is 421 g/mol. The average molecular weight is 449 g/mol. The zero-order chi connectivity index (χ0) is 22.9. The van der Waals surface area contributed by atoms with Gasteiger partial charge in [-0.3, -0.25) is 4.52 Å². The molecule has 3 rings (SSSR count). The van der Waals surface area contributed by atoms with Crippen molar-refractivity contribution in [3.63, 3.8) is 0 Å². The van der Waals surface area contributed by atoms with Crippen molar-refractivity contribution in [2.75, 3.05) is 27.2 Å². The quantitative estimate of drug-likeness (QED) is 0.307. The Morgan fingerprint density at radius 1 is 0.844 bits per heavy atom. The molecule has 0 saturated heterocycles. The molecule has 0 radical (unpaired) electrons. The van der Waals surface area contributed by atoms with Gasteiger partial charge in [0.15, 0.2) is 5.75 Å². The van der Waals surface area contributed by atoms with Gasteiger partial charge in [0.1, 0.15) is 12.4 Å². The first kappa shape index (κ1) is 23.7. The van der Waals surface area contributed by atoms with Crippen molar-refractivity contribution in [1.82, 2.24) is 4.90 Å². The molecule has 0 aromatic heterocycles. The minimum absolute atomic E-state index is 0.298. The first-order valence-corrected chi connectivity index (χ1v) is 11.7. The van der Waals surface area contributed by atoms with E-state index in [1.54, 1.807) is 12.1 Å². The minimum Gasteiger partial charge on any atom is -0.558 e. The maximum atomic E-state index is 10.9. The average Bonchev–Trinajstić information content (AvgIpc) is 2.79. The van der Waals surface area contributed by atoms with Gasteiger partial charge in [0, 0.05) is 6.54 Å². The van der Waals surface area contributed by atoms with Crippen LogP contribution in [0.5, 0.6) is 11.5 Å². The highest BCUT2D eigenvalue weighted by molar-refractivity contribution is 7.31. The molecule has 0 heterocycles. The van der Waals surface area contributed by atoms with Crippen molar-refractivity contribution < 1.29 is 18.7 Å². The molecule has 0 amide bonds. The normalized spacial score (nSPS) is 12.3. The minimum atomic E-state index is -2.94. The molecule has 166 valence electrons. The lowest BCUT2D eigenvalue weighted by molar-refractivity contribution is -0.178. The van der Waals surface area contributed by atoms with Gasteiger partial charge in [0.05, 0.1) is 0 Å². The van der Waals surface area contributed by atoms with E-state index in [1.807, 2.05) is 56.6 Å². The summed E-state index contributed by atoms with van der Waals surface area (Å²) in [5.74, 6) is 1.13. The zero-order valence-electron chi connectivity index (χ0n) is 18.7. The van der Waals surface area contributed by atoms with Crippen LogP contribution in [0.4, 0.5) is 0 Å². The molecule has 1 atom stereocenters. The van der Waals surface area contributed by atoms with Crippen LogP contribution in [0.25, 0.3) is 11.1 Å². The monoisotopic (exact) mass is 449 g/mol. The summed E-state index contributed by atoms with van der Waals surface area (Å²) >= 11 is 0. The van der Waals surface area contributed by atoms with E-state index < -0.39 is 8.25 Å². The highest BCUT2D eigenvalue weighted by Crippen LogP contribution is 2.36. The summed E-state index contributed by atoms with van der Waals surface area (Å²) in [6.07, 6.45) is 0.838. The molecule has 0 spiro atoms. The lowest BCUT2D eigenvalue weighted by Crippen LogP contribution is -2.19. The zero-order valence-corrected chi connectivity index (χ0v) is 19.5. The number of allylic oxidation sites excluding steroid dienone is 1. The van der Waals surface area contributed by atoms with Crippen molar-refractivity contribution in [2.45, 2.75) is 13.3 Å². The van der Waals surface area contributed by atoms with E-state index in [9.17, 15) is 9.46 Å². The van der Waals surface area contributed by atoms with Gasteiger partial charge in [-0.2, -0.15) is 0 Å². The fraction of sp³-hybridized carbons (Fsp3) is 0.231. The molecule has 0 aliphatic rings. The smallest absolute Gasteiger partial charge is 0.539 e. The lowest BCUT2D eigenvalue weighted by Gasteiger charge is -2.17. The van der Waals surface area contributed by atoms with Crippen LogP contribution >= 0.6 is 8.25 Å². The van der Waals surface area contributed by atoms with E-state index in [0.29, 0.717) is 12.4 Å². The van der Waals surface area contributed by atoms with E-state index in [-0.39, 0.29) is 0 Å². The van der Waals surface area contributed by atoms with Crippen molar-refractivity contribution >= 4 is 19.4 Å². The number of hydrogen-bond acceptors (Lipinski definition) is 5. The first-order chi connectivity index (χ1) is 15.5. The predicted molar refractivity (Wildman–Crippen MR) is 128 cm³/mol. The lowest BCUT2D eigenvalue weighted by atomic mass is 9.88. The van der Waals surface area contributed by atoms with Crippen molar-refractivity contribution in [1.29, 1.82) is 0 Å². The highest BCUT2D eigenvalue weighted by Gasteiger charge is 2.14. The molecule has 6 heteroatoms. The molecule has 0 aliphatic carbocycles. The van der Waals surface area contributed by atoms with Crippen LogP contribution in [0.1, 0.15) is 30.0 Å². The molecule has 1 unspecified atom stereocenters. The summed E-state index contributed by atoms with van der Waals surface area (Å²) in [5.41, 5.74) is 5.50. The topological polar surface area (TPSA) is 61.8 Å². The van der Waals surface area contributed by atoms with Crippen LogP contribution in [-0.4, -0.2) is 32.1 Å². The fourth-order valence-corrected chi connectivity index (χ4v) is 3.81. The summed E-state index contributed by atoms with van der Waals surface area (Å²) in [5, 5.41) is 0. The van der Waals surface area contributed by atoms with Crippen LogP contribution in [0.3, 0.4) is 0 Å². The fourth-order valence-electron chi connectivity index (χ4n) is 3.51. The summed E-state index contributed by atoms with van der Waals surface area (Å²) in [6.45, 7) is 3.62. The molecule has 3 aromatic rings. The third kappa shape index (κ3) is 6.51. The van der Waals surface area contributed by atoms with Gasteiger partial charge in [-0.1, -0.05) is 61.5 Å². The number of rotatable bonds is 10. The van der Waals surface area contributed by atoms with E-state index in [1.165, 1.54) is 5.57 Å². The Labute approximate surface area is 190 Å². The van der Waals surface area contributed by atoms with Gasteiger partial charge >= 0.3 is 8.25 Å². The summed E-state index contributed by atoms with van der Waals surface area (Å²) in [7, 11) is 1.10. The van der Waals surface area contributed by atoms with Gasteiger partial charge in [-0.05, 0) is 77.2 Å². The van der Waals surface area contributed by atoms with Crippen LogP contribution in [-0.2, 0) is 4.57 Å². The molecular formula is C26H28NO4P. The maximum Gasteiger partial charge on any atom is 0.539 e. The standard InChI is InChI=1S/C26H28NO4P/c1-4-25(20-8-6-5-7-9-20)26(22-12-16-24(17-13-22)31-32(28)29)21-10-14-23(15-11-21)30-19-18-27(2)3/h5-17H,4,18-19H2,1-3H3/b26-25-. The molecule has 0 aliphatic heterocycles. The van der Waals surface area contributed by atoms with Crippen molar-refractivity contribution in [3.05, 3.63) is 95.6 Å². The molecule has 0 N–H and O–H groups in total. The highest BCUT2D eigenvalue weighted by atomic mass is 31.1. The Kier molecular flexibility index (Phi) is 8.57. The predicted octanol–water partition coefficient (Wildman–Crippen LogP) is 5.39. The first-order valence-electron chi connectivity index (χ1n) is 10.6. The van der Waals surface area contributed by atoms with Gasteiger partial charge in [-0.15, -0.1) is 0 Å². The molecule has 5 nitrogen and oxygen atoms in total. The molecule has 0 bridgehead atoms. The maximum absolute atomic E-state index is 10.9. The third-order valence-electron chi connectivity index (χ3n) is 5.05. The number of likely N-dealkylation sites (N-methyl/N-ethyl adjacent to an activating group) is 1. The number of hydrogen-bond donors (Lipinski definition) is 0.